The lowest BCUT2D eigenvalue weighted by Gasteiger charge is -2.39. The number of nitrogens with zero attached hydrogens (tertiary/aromatic N) is 17. The number of nitrogens with one attached hydrogen (secondary N) is 6. The van der Waals surface area contributed by atoms with Crippen molar-refractivity contribution in [1.82, 2.24) is 94.0 Å². The van der Waals surface area contributed by atoms with Gasteiger partial charge >= 0.3 is 0 Å². The van der Waals surface area contributed by atoms with Crippen molar-refractivity contribution in [2.24, 2.45) is 0 Å². The second-order valence-corrected chi connectivity index (χ2v) is 39.9. The van der Waals surface area contributed by atoms with Crippen LogP contribution in [-0.2, 0) is 50.6 Å². The number of halogens is 6. The number of benzene rings is 6. The number of aromatic nitrogens is 11. The van der Waals surface area contributed by atoms with E-state index in [2.05, 4.69) is 152 Å². The number of rotatable bonds is 40. The summed E-state index contributed by atoms with van der Waals surface area (Å²) in [5.74, 6) is 0.588. The van der Waals surface area contributed by atoms with Crippen LogP contribution in [0.3, 0.4) is 0 Å². The molecule has 30 heteroatoms. The van der Waals surface area contributed by atoms with Gasteiger partial charge in [0.1, 0.15) is 17.5 Å². The maximum atomic E-state index is 13.4. The Labute approximate surface area is 859 Å². The third-order valence-electron chi connectivity index (χ3n) is 28.3. The number of likely N-dealkylation sites (tertiary alicyclic amines) is 4. The summed E-state index contributed by atoms with van der Waals surface area (Å²) in [5.41, 5.74) is 15.4. The van der Waals surface area contributed by atoms with E-state index in [9.17, 15) is 8.78 Å². The molecule has 5 saturated heterocycles. The van der Waals surface area contributed by atoms with Crippen molar-refractivity contribution in [3.8, 4) is 0 Å². The average Bonchev–Trinajstić information content (AvgIpc) is 1.39. The van der Waals surface area contributed by atoms with Gasteiger partial charge in [0, 0.05) is 253 Å². The Kier molecular flexibility index (Phi) is 39.0. The molecule has 5 aliphatic heterocycles. The zero-order chi connectivity index (χ0) is 97.9. The van der Waals surface area contributed by atoms with Crippen molar-refractivity contribution < 1.29 is 13.5 Å². The normalized spacial score (nSPS) is 16.1. The maximum Gasteiger partial charge on any atom is 0.123 e. The maximum absolute atomic E-state index is 13.4. The van der Waals surface area contributed by atoms with E-state index < -0.39 is 0 Å². The second kappa shape index (κ2) is 54.0. The molecule has 24 nitrogen and oxygen atoms in total. The van der Waals surface area contributed by atoms with Gasteiger partial charge < -0.3 is 55.6 Å². The van der Waals surface area contributed by atoms with E-state index in [0.717, 1.165) is 282 Å². The lowest BCUT2D eigenvalue weighted by molar-refractivity contribution is 0.0345. The highest BCUT2D eigenvalue weighted by atomic mass is 35.5. The molecule has 15 aromatic rings. The van der Waals surface area contributed by atoms with Crippen LogP contribution in [0.25, 0.3) is 43.6 Å². The van der Waals surface area contributed by atoms with Gasteiger partial charge in [0.25, 0.3) is 0 Å². The third kappa shape index (κ3) is 31.6. The Balaban J connectivity index is 0.000000131. The summed E-state index contributed by atoms with van der Waals surface area (Å²) in [6, 6.07) is 60.0. The van der Waals surface area contributed by atoms with Gasteiger partial charge in [-0.15, -0.1) is 0 Å². The van der Waals surface area contributed by atoms with Crippen LogP contribution in [0.15, 0.2) is 269 Å². The number of H-pyrrole nitrogens is 2. The van der Waals surface area contributed by atoms with Crippen LogP contribution >= 0.6 is 46.4 Å². The molecule has 748 valence electrons. The van der Waals surface area contributed by atoms with E-state index in [-0.39, 0.29) is 11.6 Å². The third-order valence-corrected chi connectivity index (χ3v) is 29.2. The first-order valence-electron chi connectivity index (χ1n) is 51.0. The Morgan fingerprint density at radius 2 is 0.650 bits per heavy atom. The SMILES string of the molecule is Clc1ccc2c(NCCCN3CCC(N(Cc4ccncc4)CC4CCCO4)CC3)ccnc2c1.Clc1ccc2c(NCCCN3CCC(N(Cc4ccncc4)Cc4cnc[nH]4)CC3)ccnc2c1.Clc1ccc2c(NCCCN3CCC(N(Cc4ccncc4)Cc4ncc[nH]4)CC3)ccnc2c1.Fc1ccc(CN(Cc2ccc(F)cc2)C2CCN(CCCNc3ccnc4cc(Cl)ccc34)CC2)cc1. The van der Waals surface area contributed by atoms with Gasteiger partial charge in [0.05, 0.1) is 41.0 Å². The molecule has 9 aromatic heterocycles. The van der Waals surface area contributed by atoms with Crippen LogP contribution < -0.4 is 21.3 Å². The molecule has 0 spiro atoms. The summed E-state index contributed by atoms with van der Waals surface area (Å²) < 4.78 is 32.9. The fraction of sp³-hybridized carbons (Fsp3) is 0.389. The molecule has 0 aliphatic carbocycles. The van der Waals surface area contributed by atoms with E-state index >= 15 is 0 Å². The summed E-state index contributed by atoms with van der Waals surface area (Å²) in [6.45, 7) is 25.1. The fourth-order valence-corrected chi connectivity index (χ4v) is 21.2. The van der Waals surface area contributed by atoms with E-state index in [1.807, 2.05) is 202 Å². The fourth-order valence-electron chi connectivity index (χ4n) is 20.6. The number of anilines is 4. The van der Waals surface area contributed by atoms with Gasteiger partial charge in [-0.1, -0.05) is 70.7 Å². The molecule has 6 aromatic carbocycles. The van der Waals surface area contributed by atoms with Gasteiger partial charge in [-0.25, -0.2) is 18.7 Å². The van der Waals surface area contributed by atoms with Gasteiger partial charge in [0.15, 0.2) is 0 Å². The lowest BCUT2D eigenvalue weighted by atomic mass is 10.0. The van der Waals surface area contributed by atoms with E-state index in [1.165, 1.54) is 111 Å². The lowest BCUT2D eigenvalue weighted by Crippen LogP contribution is -2.47. The molecule has 6 N–H and O–H groups in total. The number of ether oxygens (including phenoxy) is 1. The number of fused-ring (bicyclic) bond motifs is 4. The van der Waals surface area contributed by atoms with E-state index in [1.54, 1.807) is 6.33 Å². The molecule has 0 amide bonds. The van der Waals surface area contributed by atoms with Crippen LogP contribution in [0.1, 0.15) is 129 Å². The number of hydrogen-bond acceptors (Lipinski definition) is 22. The first-order chi connectivity index (χ1) is 70.3. The minimum Gasteiger partial charge on any atom is -0.384 e. The monoisotopic (exact) mass is 2010 g/mol. The molecular formula is C113H133Cl4F2N23O. The first-order valence-corrected chi connectivity index (χ1v) is 52.5. The highest BCUT2D eigenvalue weighted by Gasteiger charge is 2.32. The molecule has 0 radical (unpaired) electrons. The van der Waals surface area contributed by atoms with Crippen molar-refractivity contribution in [2.45, 2.75) is 166 Å². The molecule has 5 fully saturated rings. The Hall–Kier alpha value is -11.3. The average molecular weight is 2010 g/mol. The smallest absolute Gasteiger partial charge is 0.123 e. The van der Waals surface area contributed by atoms with Crippen LogP contribution in [0.2, 0.25) is 20.1 Å². The molecule has 1 unspecified atom stereocenters. The zero-order valence-electron chi connectivity index (χ0n) is 81.6. The minimum absolute atomic E-state index is 0.219. The highest BCUT2D eigenvalue weighted by molar-refractivity contribution is 6.32. The van der Waals surface area contributed by atoms with Gasteiger partial charge in [-0.2, -0.15) is 0 Å². The largest absolute Gasteiger partial charge is 0.384 e. The Morgan fingerprint density at radius 3 is 0.965 bits per heavy atom. The minimum atomic E-state index is -0.219. The summed E-state index contributed by atoms with van der Waals surface area (Å²) in [6.07, 6.45) is 42.6. The number of imidazole rings is 2. The van der Waals surface area contributed by atoms with Gasteiger partial charge in [-0.05, 0) is 354 Å². The Morgan fingerprint density at radius 1 is 0.329 bits per heavy atom. The molecule has 0 bridgehead atoms. The molecule has 0 saturated carbocycles. The molecule has 5 aliphatic rings. The second-order valence-electron chi connectivity index (χ2n) is 38.2. The molecular weight excluding hydrogens is 1880 g/mol. The standard InChI is InChI=1S/C31H33ClF2N4.C28H36ClN5O.2C27H32ClN7/c32-25-6-11-29-30(12-16-36-31(29)20-25)35-15-1-17-37-18-13-28(14-19-37)38(21-23-2-7-26(33)8-3-23)22-24-4-9-27(34)10-5-24;29-23-4-5-26-27(8-14-32-28(26)19-23)31-11-2-15-33-16-9-24(10-17-33)34(21-25-3-1-18-35-25)20-22-6-12-30-13-7-22;28-22-2-3-24-25(6-12-31-26(24)18-22)30-9-1-15-34-16-7-23(8-17-34)35(20-27-32-13-14-33-27)19-21-4-10-29-11-5-21;28-22-2-3-25-26(6-12-32-27(25)16-22)31-9-1-13-34-14-7-24(8-15-34)35(19-23-17-30-20-33-23)18-21-4-10-29-11-5-21/h2-12,16,20,28H,1,13-15,17-19,21-22H2,(H,35,36);4-8,12-14,19,24-25H,1-3,9-11,15-18,20-21H2,(H,31,32);2-6,10-14,18,23H,1,7-9,15-17,19-20H2,(H,30,31)(H,32,33);2-6,10-12,16-17,20,24H,1,7-9,13-15,18-19H2,(H,30,33)(H,31,32). The topological polar surface area (TPSA) is 231 Å². The summed E-state index contributed by atoms with van der Waals surface area (Å²) in [7, 11) is 0. The highest BCUT2D eigenvalue weighted by Crippen LogP contribution is 2.33. The molecule has 1 atom stereocenters. The van der Waals surface area contributed by atoms with Crippen LogP contribution in [0.4, 0.5) is 31.5 Å². The summed E-state index contributed by atoms with van der Waals surface area (Å²) in [5, 5.41) is 21.6. The number of piperidine rings is 4. The van der Waals surface area contributed by atoms with Crippen LogP contribution in [0.5, 0.6) is 0 Å². The Bertz CT molecular complexity index is 6060. The first kappa shape index (κ1) is 103. The van der Waals surface area contributed by atoms with Crippen LogP contribution in [0, 0.1) is 11.6 Å². The van der Waals surface area contributed by atoms with Crippen molar-refractivity contribution >= 4 is 113 Å². The summed E-state index contributed by atoms with van der Waals surface area (Å²) in [4.78, 5) is 66.1. The number of hydrogen-bond donors (Lipinski definition) is 6. The molecule has 14 heterocycles. The van der Waals surface area contributed by atoms with Crippen molar-refractivity contribution in [3.05, 3.63) is 340 Å². The van der Waals surface area contributed by atoms with E-state index in [0.29, 0.717) is 40.3 Å². The quantitative estimate of drug-likeness (QED) is 0.0196. The zero-order valence-corrected chi connectivity index (χ0v) is 84.7. The summed E-state index contributed by atoms with van der Waals surface area (Å²) >= 11 is 24.5. The molecule has 20 rings (SSSR count). The van der Waals surface area contributed by atoms with Gasteiger partial charge in [0.2, 0.25) is 0 Å². The van der Waals surface area contributed by atoms with E-state index in [4.69, 9.17) is 51.1 Å². The number of pyridine rings is 7. The number of aromatic amines is 2. The van der Waals surface area contributed by atoms with Crippen molar-refractivity contribution in [2.75, 3.05) is 139 Å². The predicted molar refractivity (Wildman–Crippen MR) is 577 cm³/mol. The molecule has 143 heavy (non-hydrogen) atoms. The van der Waals surface area contributed by atoms with Crippen molar-refractivity contribution in [1.29, 1.82) is 0 Å². The predicted octanol–water partition coefficient (Wildman–Crippen LogP) is 22.3. The van der Waals surface area contributed by atoms with Crippen LogP contribution in [-0.4, -0.2) is 242 Å². The van der Waals surface area contributed by atoms with Gasteiger partial charge in [-0.3, -0.25) is 54.5 Å². The van der Waals surface area contributed by atoms with Crippen molar-refractivity contribution in [3.63, 3.8) is 0 Å².